The van der Waals surface area contributed by atoms with Crippen LogP contribution in [0.3, 0.4) is 0 Å². The average Bonchev–Trinajstić information content (AvgIpc) is 2.90. The van der Waals surface area contributed by atoms with Gasteiger partial charge in [-0.15, -0.1) is 0 Å². The maximum atomic E-state index is 4.60. The molecule has 0 unspecified atom stereocenters. The minimum absolute atomic E-state index is 1.00. The van der Waals surface area contributed by atoms with Gasteiger partial charge in [0.2, 0.25) is 0 Å². The standard InChI is InChI=1S/C31H36N4/c1-3-4-5-6-24-7-9-25(10-8-24)26-11-16-30-29(23-26)31(17-18-32-30)33-27-12-14-28(15-13-27)35-21-19-34(2)20-22-35/h7-18,23H,3-6,19-22H2,1-2H3,(H,32,33). The van der Waals surface area contributed by atoms with E-state index in [4.69, 9.17) is 0 Å². The third kappa shape index (κ3) is 5.66. The van der Waals surface area contributed by atoms with Gasteiger partial charge in [-0.25, -0.2) is 0 Å². The summed E-state index contributed by atoms with van der Waals surface area (Å²) >= 11 is 0. The zero-order chi connectivity index (χ0) is 24.0. The highest BCUT2D eigenvalue weighted by atomic mass is 15.2. The molecule has 4 nitrogen and oxygen atoms in total. The van der Waals surface area contributed by atoms with Crippen molar-refractivity contribution >= 4 is 28.0 Å². The van der Waals surface area contributed by atoms with Crippen molar-refractivity contribution in [2.75, 3.05) is 43.4 Å². The highest BCUT2D eigenvalue weighted by molar-refractivity contribution is 5.95. The number of pyridine rings is 1. The van der Waals surface area contributed by atoms with Crippen molar-refractivity contribution in [1.82, 2.24) is 9.88 Å². The summed E-state index contributed by atoms with van der Waals surface area (Å²) in [6, 6.07) is 26.5. The van der Waals surface area contributed by atoms with E-state index in [1.165, 1.54) is 41.6 Å². The molecule has 180 valence electrons. The summed E-state index contributed by atoms with van der Waals surface area (Å²) in [5.41, 5.74) is 8.37. The van der Waals surface area contributed by atoms with Crippen LogP contribution in [0.4, 0.5) is 17.1 Å². The lowest BCUT2D eigenvalue weighted by molar-refractivity contribution is 0.313. The van der Waals surface area contributed by atoms with E-state index in [0.29, 0.717) is 0 Å². The molecule has 1 aliphatic heterocycles. The van der Waals surface area contributed by atoms with E-state index in [1.807, 2.05) is 6.20 Å². The third-order valence-electron chi connectivity index (χ3n) is 7.11. The molecule has 5 rings (SSSR count). The van der Waals surface area contributed by atoms with Crippen molar-refractivity contribution in [3.05, 3.63) is 84.6 Å². The van der Waals surface area contributed by atoms with Crippen LogP contribution in [0.25, 0.3) is 22.0 Å². The number of aryl methyl sites for hydroxylation is 1. The Kier molecular flexibility index (Phi) is 7.29. The summed E-state index contributed by atoms with van der Waals surface area (Å²) in [6.45, 7) is 6.66. The van der Waals surface area contributed by atoms with Crippen molar-refractivity contribution in [2.45, 2.75) is 32.6 Å². The van der Waals surface area contributed by atoms with Gasteiger partial charge in [0.1, 0.15) is 0 Å². The first-order chi connectivity index (χ1) is 17.2. The van der Waals surface area contributed by atoms with E-state index in [0.717, 1.165) is 54.9 Å². The average molecular weight is 465 g/mol. The topological polar surface area (TPSA) is 31.4 Å². The van der Waals surface area contributed by atoms with Crippen LogP contribution in [0.5, 0.6) is 0 Å². The fraction of sp³-hybridized carbons (Fsp3) is 0.323. The van der Waals surface area contributed by atoms with Gasteiger partial charge in [-0.2, -0.15) is 0 Å². The summed E-state index contributed by atoms with van der Waals surface area (Å²) in [6.07, 6.45) is 6.88. The van der Waals surface area contributed by atoms with Crippen molar-refractivity contribution in [2.24, 2.45) is 0 Å². The van der Waals surface area contributed by atoms with Crippen LogP contribution in [-0.4, -0.2) is 43.1 Å². The zero-order valence-corrected chi connectivity index (χ0v) is 21.0. The molecule has 4 aromatic rings. The molecule has 2 heterocycles. The second-order valence-corrected chi connectivity index (χ2v) is 9.71. The lowest BCUT2D eigenvalue weighted by Crippen LogP contribution is -2.44. The first-order valence-electron chi connectivity index (χ1n) is 13.0. The summed E-state index contributed by atoms with van der Waals surface area (Å²) in [5, 5.41) is 4.77. The predicted octanol–water partition coefficient (Wildman–Crippen LogP) is 7.13. The number of rotatable bonds is 8. The van der Waals surface area contributed by atoms with Crippen molar-refractivity contribution in [1.29, 1.82) is 0 Å². The number of unbranched alkanes of at least 4 members (excludes halogenated alkanes) is 2. The largest absolute Gasteiger partial charge is 0.369 e. The molecule has 1 fully saturated rings. The van der Waals surface area contributed by atoms with Gasteiger partial charge >= 0.3 is 0 Å². The number of fused-ring (bicyclic) bond motifs is 1. The van der Waals surface area contributed by atoms with Crippen LogP contribution in [0.2, 0.25) is 0 Å². The van der Waals surface area contributed by atoms with Crippen LogP contribution in [-0.2, 0) is 6.42 Å². The highest BCUT2D eigenvalue weighted by Gasteiger charge is 2.14. The summed E-state index contributed by atoms with van der Waals surface area (Å²) in [7, 11) is 2.19. The molecule has 0 atom stereocenters. The quantitative estimate of drug-likeness (QED) is 0.281. The molecule has 0 aliphatic carbocycles. The second kappa shape index (κ2) is 10.9. The fourth-order valence-electron chi connectivity index (χ4n) is 4.85. The minimum atomic E-state index is 1.00. The second-order valence-electron chi connectivity index (χ2n) is 9.71. The van der Waals surface area contributed by atoms with E-state index < -0.39 is 0 Å². The van der Waals surface area contributed by atoms with Gasteiger partial charge < -0.3 is 15.1 Å². The number of hydrogen-bond donors (Lipinski definition) is 1. The number of nitrogens with one attached hydrogen (secondary N) is 1. The van der Waals surface area contributed by atoms with Crippen LogP contribution in [0.1, 0.15) is 31.7 Å². The molecule has 0 radical (unpaired) electrons. The molecule has 35 heavy (non-hydrogen) atoms. The highest BCUT2D eigenvalue weighted by Crippen LogP contribution is 2.31. The lowest BCUT2D eigenvalue weighted by Gasteiger charge is -2.34. The first kappa shape index (κ1) is 23.4. The Morgan fingerprint density at radius 3 is 2.29 bits per heavy atom. The molecule has 1 aromatic heterocycles. The van der Waals surface area contributed by atoms with Crippen molar-refractivity contribution in [3.63, 3.8) is 0 Å². The molecule has 1 saturated heterocycles. The summed E-state index contributed by atoms with van der Waals surface area (Å²) in [4.78, 5) is 9.46. The number of anilines is 3. The lowest BCUT2D eigenvalue weighted by atomic mass is 9.99. The Morgan fingerprint density at radius 2 is 1.54 bits per heavy atom. The van der Waals surface area contributed by atoms with Crippen molar-refractivity contribution in [3.8, 4) is 11.1 Å². The number of hydrogen-bond acceptors (Lipinski definition) is 4. The number of nitrogens with zero attached hydrogens (tertiary/aromatic N) is 3. The van der Waals surface area contributed by atoms with Gasteiger partial charge in [-0.05, 0) is 79.0 Å². The number of benzene rings is 3. The molecule has 0 bridgehead atoms. The first-order valence-corrected chi connectivity index (χ1v) is 13.0. The van der Waals surface area contributed by atoms with E-state index in [9.17, 15) is 0 Å². The molecule has 3 aromatic carbocycles. The molecule has 0 amide bonds. The van der Waals surface area contributed by atoms with Crippen LogP contribution in [0.15, 0.2) is 79.0 Å². The van der Waals surface area contributed by atoms with E-state index in [1.54, 1.807) is 0 Å². The third-order valence-corrected chi connectivity index (χ3v) is 7.11. The van der Waals surface area contributed by atoms with Gasteiger partial charge in [-0.3, -0.25) is 4.98 Å². The zero-order valence-electron chi connectivity index (χ0n) is 21.0. The normalized spacial score (nSPS) is 14.4. The SMILES string of the molecule is CCCCCc1ccc(-c2ccc3nccc(Nc4ccc(N5CCN(C)CC5)cc4)c3c2)cc1. The number of aromatic nitrogens is 1. The van der Waals surface area contributed by atoms with Crippen LogP contribution in [0, 0.1) is 0 Å². The number of piperazine rings is 1. The van der Waals surface area contributed by atoms with Gasteiger partial charge in [-0.1, -0.05) is 50.1 Å². The Morgan fingerprint density at radius 1 is 0.800 bits per heavy atom. The molecule has 1 aliphatic rings. The molecule has 0 spiro atoms. The molecule has 4 heteroatoms. The van der Waals surface area contributed by atoms with Gasteiger partial charge in [0, 0.05) is 54.8 Å². The minimum Gasteiger partial charge on any atom is -0.369 e. The van der Waals surface area contributed by atoms with E-state index in [-0.39, 0.29) is 0 Å². The monoisotopic (exact) mass is 464 g/mol. The van der Waals surface area contributed by atoms with E-state index in [2.05, 4.69) is 107 Å². The molecular formula is C31H36N4. The predicted molar refractivity (Wildman–Crippen MR) is 150 cm³/mol. The van der Waals surface area contributed by atoms with E-state index >= 15 is 0 Å². The van der Waals surface area contributed by atoms with Gasteiger partial charge in [0.05, 0.1) is 5.52 Å². The summed E-state index contributed by atoms with van der Waals surface area (Å²) < 4.78 is 0. The maximum absolute atomic E-state index is 4.60. The molecule has 0 saturated carbocycles. The Labute approximate surface area is 209 Å². The number of likely N-dealkylation sites (N-methyl/N-ethyl adjacent to an activating group) is 1. The van der Waals surface area contributed by atoms with Crippen molar-refractivity contribution < 1.29 is 0 Å². The Hall–Kier alpha value is -3.37. The maximum Gasteiger partial charge on any atom is 0.0723 e. The molecular weight excluding hydrogens is 428 g/mol. The Balaban J connectivity index is 1.34. The van der Waals surface area contributed by atoms with Gasteiger partial charge in [0.25, 0.3) is 0 Å². The smallest absolute Gasteiger partial charge is 0.0723 e. The van der Waals surface area contributed by atoms with Crippen LogP contribution < -0.4 is 10.2 Å². The Bertz CT molecular complexity index is 1240. The van der Waals surface area contributed by atoms with Gasteiger partial charge in [0.15, 0.2) is 0 Å². The van der Waals surface area contributed by atoms with Crippen LogP contribution >= 0.6 is 0 Å². The summed E-state index contributed by atoms with van der Waals surface area (Å²) in [5.74, 6) is 0. The fourth-order valence-corrected chi connectivity index (χ4v) is 4.85. The molecule has 1 N–H and O–H groups in total.